The van der Waals surface area contributed by atoms with Crippen molar-refractivity contribution in [2.75, 3.05) is 6.61 Å². The van der Waals surface area contributed by atoms with Crippen LogP contribution in [0.2, 0.25) is 0 Å². The molecule has 0 saturated heterocycles. The summed E-state index contributed by atoms with van der Waals surface area (Å²) in [5.74, 6) is 2.14. The number of benzene rings is 2. The second-order valence-corrected chi connectivity index (χ2v) is 12.5. The van der Waals surface area contributed by atoms with Crippen LogP contribution >= 0.6 is 0 Å². The lowest BCUT2D eigenvalue weighted by Crippen LogP contribution is -2.48. The third kappa shape index (κ3) is 5.82. The van der Waals surface area contributed by atoms with Crippen molar-refractivity contribution in [1.29, 1.82) is 0 Å². The maximum absolute atomic E-state index is 11.7. The highest BCUT2D eigenvalue weighted by Crippen LogP contribution is 2.62. The number of carboxylic acids is 1. The van der Waals surface area contributed by atoms with Crippen LogP contribution in [0.15, 0.2) is 55.1 Å². The molecule has 0 atom stereocenters. The predicted octanol–water partition coefficient (Wildman–Crippen LogP) is 7.12. The fourth-order valence-corrected chi connectivity index (χ4v) is 7.80. The molecule has 2 aromatic carbocycles. The third-order valence-corrected chi connectivity index (χ3v) is 8.84. The van der Waals surface area contributed by atoms with E-state index in [1.807, 2.05) is 19.9 Å². The van der Waals surface area contributed by atoms with E-state index in [4.69, 9.17) is 14.6 Å². The van der Waals surface area contributed by atoms with Crippen molar-refractivity contribution in [3.8, 4) is 16.9 Å². The van der Waals surface area contributed by atoms with Crippen LogP contribution in [0.4, 0.5) is 0 Å². The zero-order valence-corrected chi connectivity index (χ0v) is 22.7. The van der Waals surface area contributed by atoms with Gasteiger partial charge in [0.05, 0.1) is 6.61 Å². The fraction of sp³-hybridized carbons (Fsp3) is 0.515. The number of hydrogen-bond donors (Lipinski definition) is 1. The molecule has 202 valence electrons. The van der Waals surface area contributed by atoms with Crippen molar-refractivity contribution in [1.82, 2.24) is 0 Å². The lowest BCUT2D eigenvalue weighted by Gasteiger charge is -2.57. The van der Waals surface area contributed by atoms with Gasteiger partial charge >= 0.3 is 11.9 Å². The van der Waals surface area contributed by atoms with Crippen molar-refractivity contribution in [3.63, 3.8) is 0 Å². The average Bonchev–Trinajstić information content (AvgIpc) is 2.85. The predicted molar refractivity (Wildman–Crippen MR) is 148 cm³/mol. The van der Waals surface area contributed by atoms with E-state index in [1.54, 1.807) is 0 Å². The lowest BCUT2D eigenvalue weighted by molar-refractivity contribution is -0.150. The number of aliphatic carboxylic acids is 1. The second kappa shape index (κ2) is 10.6. The molecule has 4 aliphatic carbocycles. The Morgan fingerprint density at radius 1 is 1.03 bits per heavy atom. The lowest BCUT2D eigenvalue weighted by atomic mass is 9.47. The van der Waals surface area contributed by atoms with Crippen LogP contribution in [-0.4, -0.2) is 29.3 Å². The minimum absolute atomic E-state index is 0.121. The minimum Gasteiger partial charge on any atom is -0.494 e. The van der Waals surface area contributed by atoms with Gasteiger partial charge in [0.2, 0.25) is 0 Å². The largest absolute Gasteiger partial charge is 0.494 e. The molecule has 1 N–H and O–H groups in total. The Bertz CT molecular complexity index is 1160. The smallest absolute Gasteiger partial charge is 0.330 e. The van der Waals surface area contributed by atoms with Crippen molar-refractivity contribution in [2.24, 2.45) is 17.8 Å². The summed E-state index contributed by atoms with van der Waals surface area (Å²) in [6.45, 7) is 7.75. The van der Waals surface area contributed by atoms with E-state index in [0.717, 1.165) is 29.1 Å². The van der Waals surface area contributed by atoms with Crippen molar-refractivity contribution >= 4 is 11.9 Å². The highest BCUT2D eigenvalue weighted by Gasteiger charge is 2.52. The minimum atomic E-state index is -0.788. The first-order chi connectivity index (χ1) is 18.1. The van der Waals surface area contributed by atoms with Gasteiger partial charge in [0, 0.05) is 18.9 Å². The zero-order valence-electron chi connectivity index (χ0n) is 22.7. The molecular formula is C33H40O5. The zero-order chi connectivity index (χ0) is 26.9. The number of carbonyl (C=O) groups excluding carboxylic acids is 1. The monoisotopic (exact) mass is 516 g/mol. The molecule has 2 aromatic rings. The van der Waals surface area contributed by atoms with Crippen molar-refractivity contribution < 1.29 is 24.2 Å². The Morgan fingerprint density at radius 2 is 1.66 bits per heavy atom. The first-order valence-corrected chi connectivity index (χ1v) is 14.1. The average molecular weight is 517 g/mol. The van der Waals surface area contributed by atoms with Crippen LogP contribution in [0, 0.1) is 17.8 Å². The van der Waals surface area contributed by atoms with Crippen LogP contribution in [-0.2, 0) is 26.2 Å². The summed E-state index contributed by atoms with van der Waals surface area (Å²) in [5.41, 5.74) is 4.57. The molecule has 4 fully saturated rings. The number of ether oxygens (including phenoxy) is 2. The van der Waals surface area contributed by atoms with E-state index in [-0.39, 0.29) is 11.8 Å². The number of esters is 1. The van der Waals surface area contributed by atoms with Gasteiger partial charge in [-0.3, -0.25) is 4.79 Å². The summed E-state index contributed by atoms with van der Waals surface area (Å²) in [7, 11) is 0. The summed E-state index contributed by atoms with van der Waals surface area (Å²) in [4.78, 5) is 22.6. The van der Waals surface area contributed by atoms with Gasteiger partial charge in [0.1, 0.15) is 11.4 Å². The van der Waals surface area contributed by atoms with Gasteiger partial charge in [-0.2, -0.15) is 0 Å². The first-order valence-electron chi connectivity index (χ1n) is 14.1. The quantitative estimate of drug-likeness (QED) is 0.196. The van der Waals surface area contributed by atoms with Crippen LogP contribution in [0.5, 0.6) is 5.75 Å². The van der Waals surface area contributed by atoms with Crippen molar-refractivity contribution in [2.45, 2.75) is 82.7 Å². The summed E-state index contributed by atoms with van der Waals surface area (Å²) < 4.78 is 11.6. The highest BCUT2D eigenvalue weighted by molar-refractivity contribution is 5.81. The molecular weight excluding hydrogens is 476 g/mol. The number of rotatable bonds is 11. The molecule has 5 heteroatoms. The van der Waals surface area contributed by atoms with Crippen molar-refractivity contribution in [3.05, 3.63) is 66.2 Å². The maximum Gasteiger partial charge on any atom is 0.330 e. The molecule has 0 aliphatic heterocycles. The normalized spacial score (nSPS) is 25.7. The first kappa shape index (κ1) is 26.5. The fourth-order valence-electron chi connectivity index (χ4n) is 7.80. The highest BCUT2D eigenvalue weighted by atomic mass is 16.6. The van der Waals surface area contributed by atoms with Gasteiger partial charge in [0.25, 0.3) is 0 Å². The van der Waals surface area contributed by atoms with E-state index in [0.29, 0.717) is 19.4 Å². The topological polar surface area (TPSA) is 72.8 Å². The molecule has 0 spiro atoms. The molecule has 4 bridgehead atoms. The molecule has 0 unspecified atom stereocenters. The molecule has 0 aromatic heterocycles. The van der Waals surface area contributed by atoms with Gasteiger partial charge in [-0.15, -0.1) is 0 Å². The standard InChI is InChI=1S/C33H40O5/c1-4-31(36)38-32(2,3)18-22-7-9-26(10-8-22)28-12-11-27(37-13-5-6-30(34)35)17-29(28)33-19-23-14-24(20-33)16-25(15-23)21-33/h4,7-12,17,23-25H,1,5-6,13-16,18-21H2,2-3H3,(H,34,35). The third-order valence-electron chi connectivity index (χ3n) is 8.84. The van der Waals surface area contributed by atoms with E-state index < -0.39 is 17.5 Å². The Labute approximate surface area is 226 Å². The van der Waals surface area contributed by atoms with E-state index in [2.05, 4.69) is 43.0 Å². The summed E-state index contributed by atoms with van der Waals surface area (Å²) in [5, 5.41) is 8.96. The van der Waals surface area contributed by atoms with E-state index in [9.17, 15) is 9.59 Å². The molecule has 0 amide bonds. The van der Waals surface area contributed by atoms with Crippen LogP contribution in [0.1, 0.15) is 76.3 Å². The van der Waals surface area contributed by atoms with Crippen LogP contribution in [0.3, 0.4) is 0 Å². The summed E-state index contributed by atoms with van der Waals surface area (Å²) in [6, 6.07) is 15.1. The number of hydrogen-bond acceptors (Lipinski definition) is 4. The molecule has 5 nitrogen and oxygen atoms in total. The van der Waals surface area contributed by atoms with Gasteiger partial charge in [-0.1, -0.05) is 36.9 Å². The molecule has 4 saturated carbocycles. The number of carbonyl (C=O) groups is 2. The van der Waals surface area contributed by atoms with E-state index >= 15 is 0 Å². The van der Waals surface area contributed by atoms with Crippen LogP contribution < -0.4 is 4.74 Å². The Balaban J connectivity index is 1.42. The van der Waals surface area contributed by atoms with Gasteiger partial charge in [-0.25, -0.2) is 4.79 Å². The molecule has 38 heavy (non-hydrogen) atoms. The van der Waals surface area contributed by atoms with Gasteiger partial charge in [0.15, 0.2) is 0 Å². The van der Waals surface area contributed by atoms with Crippen LogP contribution in [0.25, 0.3) is 11.1 Å². The van der Waals surface area contributed by atoms with E-state index in [1.165, 1.54) is 61.3 Å². The summed E-state index contributed by atoms with van der Waals surface area (Å²) >= 11 is 0. The molecule has 0 heterocycles. The molecule has 6 rings (SSSR count). The molecule has 4 aliphatic rings. The number of carboxylic acid groups (broad SMARTS) is 1. The van der Waals surface area contributed by atoms with Gasteiger partial charge in [-0.05, 0) is 116 Å². The SMILES string of the molecule is C=CC(=O)OC(C)(C)Cc1ccc(-c2ccc(OCCCC(=O)O)cc2C23CC4CC(CC(C4)C2)C3)cc1. The second-order valence-electron chi connectivity index (χ2n) is 12.5. The van der Waals surface area contributed by atoms with Gasteiger partial charge < -0.3 is 14.6 Å². The summed E-state index contributed by atoms with van der Waals surface area (Å²) in [6.07, 6.45) is 10.4. The molecule has 0 radical (unpaired) electrons. The Kier molecular flexibility index (Phi) is 7.39. The Hall–Kier alpha value is -3.08. The Morgan fingerprint density at radius 3 is 2.24 bits per heavy atom. The maximum atomic E-state index is 11.7.